The van der Waals surface area contributed by atoms with Gasteiger partial charge >= 0.3 is 5.69 Å². The van der Waals surface area contributed by atoms with E-state index in [4.69, 9.17) is 9.47 Å². The van der Waals surface area contributed by atoms with E-state index in [-0.39, 0.29) is 17.0 Å². The standard InChI is InChI=1S/C21H12N2O6/c24-22(25)14-11-13-9-10-21(29-20(13)17(12-14)23(26)27)15-5-1-3-7-18(15)28-19-8-4-2-6-16(19)21/h1-12H. The number of ether oxygens (including phenoxy) is 2. The molecule has 5 rings (SSSR count). The first-order chi connectivity index (χ1) is 14.0. The van der Waals surface area contributed by atoms with Crippen LogP contribution in [0, 0.1) is 20.2 Å². The Labute approximate surface area is 163 Å². The molecule has 0 aromatic heterocycles. The van der Waals surface area contributed by atoms with E-state index in [1.165, 1.54) is 6.07 Å². The largest absolute Gasteiger partial charge is 0.465 e. The average Bonchev–Trinajstić information content (AvgIpc) is 2.73. The van der Waals surface area contributed by atoms with Crippen LogP contribution in [0.15, 0.2) is 66.7 Å². The van der Waals surface area contributed by atoms with Gasteiger partial charge in [0.2, 0.25) is 5.75 Å². The maximum Gasteiger partial charge on any atom is 0.318 e. The Hall–Kier alpha value is -4.20. The Kier molecular flexibility index (Phi) is 3.44. The maximum absolute atomic E-state index is 11.7. The Balaban J connectivity index is 1.79. The Morgan fingerprint density at radius 2 is 1.45 bits per heavy atom. The molecule has 0 saturated heterocycles. The zero-order valence-electron chi connectivity index (χ0n) is 14.8. The van der Waals surface area contributed by atoms with E-state index in [1.54, 1.807) is 24.3 Å². The summed E-state index contributed by atoms with van der Waals surface area (Å²) in [4.78, 5) is 21.5. The van der Waals surface area contributed by atoms with E-state index in [9.17, 15) is 20.2 Å². The summed E-state index contributed by atoms with van der Waals surface area (Å²) in [6.07, 6.45) is 3.38. The molecule has 0 saturated carbocycles. The number of hydrogen-bond donors (Lipinski definition) is 0. The van der Waals surface area contributed by atoms with Gasteiger partial charge in [0.05, 0.1) is 15.9 Å². The zero-order chi connectivity index (χ0) is 20.2. The van der Waals surface area contributed by atoms with E-state index < -0.39 is 21.1 Å². The number of nitro groups is 2. The molecule has 29 heavy (non-hydrogen) atoms. The number of nitrogens with zero attached hydrogens (tertiary/aromatic N) is 2. The van der Waals surface area contributed by atoms with Crippen LogP contribution in [0.4, 0.5) is 11.4 Å². The lowest BCUT2D eigenvalue weighted by Crippen LogP contribution is -2.37. The Bertz CT molecular complexity index is 1190. The Morgan fingerprint density at radius 3 is 2.03 bits per heavy atom. The van der Waals surface area contributed by atoms with E-state index in [1.807, 2.05) is 36.4 Å². The van der Waals surface area contributed by atoms with E-state index >= 15 is 0 Å². The first kappa shape index (κ1) is 16.9. The van der Waals surface area contributed by atoms with Gasteiger partial charge < -0.3 is 9.47 Å². The lowest BCUT2D eigenvalue weighted by molar-refractivity contribution is -0.395. The molecule has 2 heterocycles. The zero-order valence-corrected chi connectivity index (χ0v) is 14.8. The molecule has 2 aliphatic rings. The molecule has 0 bridgehead atoms. The lowest BCUT2D eigenvalue weighted by atomic mass is 9.81. The van der Waals surface area contributed by atoms with Crippen molar-refractivity contribution in [1.82, 2.24) is 0 Å². The summed E-state index contributed by atoms with van der Waals surface area (Å²) in [6.45, 7) is 0. The van der Waals surface area contributed by atoms with Crippen molar-refractivity contribution in [3.8, 4) is 17.2 Å². The van der Waals surface area contributed by atoms with Crippen molar-refractivity contribution in [2.45, 2.75) is 5.60 Å². The van der Waals surface area contributed by atoms with Crippen LogP contribution in [0.3, 0.4) is 0 Å². The van der Waals surface area contributed by atoms with Crippen LogP contribution in [0.25, 0.3) is 6.08 Å². The molecule has 1 spiro atoms. The van der Waals surface area contributed by atoms with Crippen molar-refractivity contribution in [3.05, 3.63) is 104 Å². The lowest BCUT2D eigenvalue weighted by Gasteiger charge is -2.39. The SMILES string of the molecule is O=[N+]([O-])c1cc2c(c([N+](=O)[O-])c1)OC1(C=C2)c2ccccc2Oc2ccccc21. The smallest absolute Gasteiger partial charge is 0.318 e. The van der Waals surface area contributed by atoms with Crippen LogP contribution in [0.5, 0.6) is 17.2 Å². The molecule has 8 nitrogen and oxygen atoms in total. The fourth-order valence-electron chi connectivity index (χ4n) is 3.78. The van der Waals surface area contributed by atoms with Crippen LogP contribution in [0.2, 0.25) is 0 Å². The van der Waals surface area contributed by atoms with Gasteiger partial charge in [-0.15, -0.1) is 0 Å². The number of non-ortho nitro benzene ring substituents is 1. The molecule has 0 fully saturated rings. The fraction of sp³-hybridized carbons (Fsp3) is 0.0476. The second-order valence-electron chi connectivity index (χ2n) is 6.66. The summed E-state index contributed by atoms with van der Waals surface area (Å²) < 4.78 is 12.3. The second kappa shape index (κ2) is 5.90. The highest BCUT2D eigenvalue weighted by Crippen LogP contribution is 2.53. The third-order valence-electron chi connectivity index (χ3n) is 5.05. The number of fused-ring (bicyclic) bond motifs is 5. The highest BCUT2D eigenvalue weighted by molar-refractivity contribution is 5.74. The molecular weight excluding hydrogens is 376 g/mol. The summed E-state index contributed by atoms with van der Waals surface area (Å²) in [5, 5.41) is 22.8. The molecule has 142 valence electrons. The molecular formula is C21H12N2O6. The van der Waals surface area contributed by atoms with Gasteiger partial charge in [0.1, 0.15) is 11.5 Å². The second-order valence-corrected chi connectivity index (χ2v) is 6.66. The van der Waals surface area contributed by atoms with Crippen molar-refractivity contribution >= 4 is 17.5 Å². The molecule has 0 N–H and O–H groups in total. The van der Waals surface area contributed by atoms with E-state index in [0.29, 0.717) is 22.6 Å². The number of rotatable bonds is 2. The number of para-hydroxylation sites is 2. The average molecular weight is 388 g/mol. The van der Waals surface area contributed by atoms with Gasteiger partial charge in [0, 0.05) is 22.8 Å². The molecule has 3 aromatic carbocycles. The van der Waals surface area contributed by atoms with Crippen molar-refractivity contribution < 1.29 is 19.3 Å². The van der Waals surface area contributed by atoms with E-state index in [2.05, 4.69) is 0 Å². The number of benzene rings is 3. The highest BCUT2D eigenvalue weighted by Gasteiger charge is 2.46. The van der Waals surface area contributed by atoms with Crippen LogP contribution in [0.1, 0.15) is 16.7 Å². The molecule has 2 aliphatic heterocycles. The quantitative estimate of drug-likeness (QED) is 0.454. The summed E-state index contributed by atoms with van der Waals surface area (Å²) in [5.41, 5.74) is -0.328. The molecule has 0 radical (unpaired) electrons. The highest BCUT2D eigenvalue weighted by atomic mass is 16.6. The van der Waals surface area contributed by atoms with Crippen LogP contribution in [-0.4, -0.2) is 9.85 Å². The van der Waals surface area contributed by atoms with Gasteiger partial charge in [-0.1, -0.05) is 42.5 Å². The molecule has 0 atom stereocenters. The van der Waals surface area contributed by atoms with Gasteiger partial charge in [-0.2, -0.15) is 0 Å². The topological polar surface area (TPSA) is 105 Å². The molecule has 3 aromatic rings. The van der Waals surface area contributed by atoms with Crippen molar-refractivity contribution in [2.24, 2.45) is 0 Å². The third kappa shape index (κ3) is 2.39. The monoisotopic (exact) mass is 388 g/mol. The summed E-state index contributed by atoms with van der Waals surface area (Å²) in [5.74, 6) is 1.13. The predicted octanol–water partition coefficient (Wildman–Crippen LogP) is 4.96. The third-order valence-corrected chi connectivity index (χ3v) is 5.05. The van der Waals surface area contributed by atoms with Crippen molar-refractivity contribution in [2.75, 3.05) is 0 Å². The number of hydrogen-bond acceptors (Lipinski definition) is 6. The predicted molar refractivity (Wildman–Crippen MR) is 103 cm³/mol. The van der Waals surface area contributed by atoms with Crippen molar-refractivity contribution in [3.63, 3.8) is 0 Å². The van der Waals surface area contributed by atoms with Gasteiger partial charge in [-0.25, -0.2) is 0 Å². The molecule has 0 amide bonds. The molecule has 0 unspecified atom stereocenters. The number of nitro benzene ring substituents is 2. The first-order valence-corrected chi connectivity index (χ1v) is 8.71. The van der Waals surface area contributed by atoms with Crippen LogP contribution >= 0.6 is 0 Å². The summed E-state index contributed by atoms with van der Waals surface area (Å²) >= 11 is 0. The van der Waals surface area contributed by atoms with E-state index in [0.717, 1.165) is 6.07 Å². The summed E-state index contributed by atoms with van der Waals surface area (Å²) in [6, 6.07) is 16.7. The van der Waals surface area contributed by atoms with Gasteiger partial charge in [-0.3, -0.25) is 20.2 Å². The minimum atomic E-state index is -1.15. The van der Waals surface area contributed by atoms with Crippen molar-refractivity contribution in [1.29, 1.82) is 0 Å². The molecule has 0 aliphatic carbocycles. The normalized spacial score (nSPS) is 14.8. The maximum atomic E-state index is 11.7. The van der Waals surface area contributed by atoms with Gasteiger partial charge in [-0.05, 0) is 18.2 Å². The Morgan fingerprint density at radius 1 is 0.828 bits per heavy atom. The minimum Gasteiger partial charge on any atom is -0.465 e. The van der Waals surface area contributed by atoms with Crippen LogP contribution < -0.4 is 9.47 Å². The molecule has 8 heteroatoms. The van der Waals surface area contributed by atoms with Gasteiger partial charge in [0.25, 0.3) is 5.69 Å². The fourth-order valence-corrected chi connectivity index (χ4v) is 3.78. The van der Waals surface area contributed by atoms with Crippen LogP contribution in [-0.2, 0) is 5.60 Å². The van der Waals surface area contributed by atoms with Gasteiger partial charge in [0.15, 0.2) is 5.60 Å². The summed E-state index contributed by atoms with van der Waals surface area (Å²) in [7, 11) is 0. The first-order valence-electron chi connectivity index (χ1n) is 8.71. The minimum absolute atomic E-state index is 0.0189.